The quantitative estimate of drug-likeness (QED) is 0.625. The first-order chi connectivity index (χ1) is 12.8. The molecule has 10 heteroatoms. The summed E-state index contributed by atoms with van der Waals surface area (Å²) in [5.74, 6) is -0.0604. The molecule has 0 aromatic heterocycles. The summed E-state index contributed by atoms with van der Waals surface area (Å²) in [5, 5.41) is 25.5. The van der Waals surface area contributed by atoms with Gasteiger partial charge in [0, 0.05) is 28.6 Å². The lowest BCUT2D eigenvalue weighted by molar-refractivity contribution is -0.394. The van der Waals surface area contributed by atoms with E-state index in [0.29, 0.717) is 29.4 Å². The molecule has 0 spiro atoms. The van der Waals surface area contributed by atoms with Gasteiger partial charge in [0.05, 0.1) is 34.1 Å². The van der Waals surface area contributed by atoms with E-state index in [2.05, 4.69) is 5.32 Å². The van der Waals surface area contributed by atoms with Crippen LogP contribution in [0.25, 0.3) is 0 Å². The Labute approximate surface area is 158 Å². The molecule has 1 N–H and O–H groups in total. The number of carbonyl (C=O) groups is 1. The lowest BCUT2D eigenvalue weighted by Crippen LogP contribution is -2.32. The molecule has 1 unspecified atom stereocenters. The van der Waals surface area contributed by atoms with Crippen molar-refractivity contribution in [2.75, 3.05) is 6.61 Å². The van der Waals surface area contributed by atoms with Gasteiger partial charge in [-0.05, 0) is 25.1 Å². The van der Waals surface area contributed by atoms with Crippen molar-refractivity contribution in [2.45, 2.75) is 19.4 Å². The number of hydrogen-bond acceptors (Lipinski definition) is 6. The van der Waals surface area contributed by atoms with Gasteiger partial charge in [-0.2, -0.15) is 0 Å². The molecule has 2 aromatic rings. The third kappa shape index (κ3) is 3.68. The predicted molar refractivity (Wildman–Crippen MR) is 96.3 cm³/mol. The van der Waals surface area contributed by atoms with E-state index in [9.17, 15) is 25.0 Å². The van der Waals surface area contributed by atoms with E-state index >= 15 is 0 Å². The minimum Gasteiger partial charge on any atom is -0.493 e. The Balaban J connectivity index is 1.97. The zero-order chi connectivity index (χ0) is 19.7. The minimum absolute atomic E-state index is 0.0569. The maximum Gasteiger partial charge on any atom is 0.279 e. The van der Waals surface area contributed by atoms with Gasteiger partial charge in [-0.3, -0.25) is 25.0 Å². The molecular weight excluding hydrogens is 378 g/mol. The van der Waals surface area contributed by atoms with E-state index in [0.717, 1.165) is 12.1 Å². The molecule has 0 saturated heterocycles. The molecule has 1 aliphatic rings. The average molecular weight is 392 g/mol. The van der Waals surface area contributed by atoms with Crippen molar-refractivity contribution in [2.24, 2.45) is 0 Å². The van der Waals surface area contributed by atoms with Gasteiger partial charge in [-0.1, -0.05) is 11.6 Å². The number of carbonyl (C=O) groups excluding carboxylic acids is 1. The number of amides is 1. The summed E-state index contributed by atoms with van der Waals surface area (Å²) in [6.07, 6.45) is 0.467. The summed E-state index contributed by atoms with van der Waals surface area (Å²) < 4.78 is 5.53. The first-order valence-electron chi connectivity index (χ1n) is 7.94. The number of rotatable bonds is 4. The van der Waals surface area contributed by atoms with Gasteiger partial charge in [-0.15, -0.1) is 0 Å². The van der Waals surface area contributed by atoms with E-state index in [1.54, 1.807) is 18.2 Å². The zero-order valence-corrected chi connectivity index (χ0v) is 14.9. The number of nitro benzene ring substituents is 2. The molecule has 0 aliphatic carbocycles. The standard InChI is InChI=1S/C17H14ClN3O6/c1-9-12(7-11(20(23)24)8-15(9)21(25)26)17(22)19-14-4-5-27-16-3-2-10(18)6-13(14)16/h2-3,6-8,14H,4-5H2,1H3,(H,19,22). The number of ether oxygens (including phenoxy) is 1. The fourth-order valence-electron chi connectivity index (χ4n) is 2.97. The summed E-state index contributed by atoms with van der Waals surface area (Å²) in [5.41, 5.74) is -0.384. The van der Waals surface area contributed by atoms with Crippen molar-refractivity contribution >= 4 is 28.9 Å². The minimum atomic E-state index is -0.771. The van der Waals surface area contributed by atoms with Gasteiger partial charge in [0.15, 0.2) is 0 Å². The predicted octanol–water partition coefficient (Wildman–Crippen LogP) is 3.72. The molecule has 0 fully saturated rings. The molecule has 0 bridgehead atoms. The highest BCUT2D eigenvalue weighted by molar-refractivity contribution is 6.30. The van der Waals surface area contributed by atoms with Crippen molar-refractivity contribution in [1.82, 2.24) is 5.32 Å². The zero-order valence-electron chi connectivity index (χ0n) is 14.1. The van der Waals surface area contributed by atoms with Gasteiger partial charge in [0.25, 0.3) is 17.3 Å². The summed E-state index contributed by atoms with van der Waals surface area (Å²) >= 11 is 6.01. The molecule has 140 valence electrons. The highest BCUT2D eigenvalue weighted by Crippen LogP contribution is 2.35. The number of halogens is 1. The van der Waals surface area contributed by atoms with Crippen LogP contribution in [0.4, 0.5) is 11.4 Å². The van der Waals surface area contributed by atoms with Crippen molar-refractivity contribution < 1.29 is 19.4 Å². The topological polar surface area (TPSA) is 125 Å². The molecule has 1 aliphatic heterocycles. The van der Waals surface area contributed by atoms with E-state index in [-0.39, 0.29) is 11.1 Å². The summed E-state index contributed by atoms with van der Waals surface area (Å²) in [7, 11) is 0. The Morgan fingerprint density at radius 3 is 2.63 bits per heavy atom. The SMILES string of the molecule is Cc1c(C(=O)NC2CCOc3ccc(Cl)cc32)cc([N+](=O)[O-])cc1[N+](=O)[O-]. The first kappa shape index (κ1) is 18.6. The van der Waals surface area contributed by atoms with Crippen molar-refractivity contribution in [3.05, 3.63) is 72.3 Å². The number of nitro groups is 2. The normalized spacial score (nSPS) is 15.4. The molecule has 0 radical (unpaired) electrons. The fourth-order valence-corrected chi connectivity index (χ4v) is 3.15. The highest BCUT2D eigenvalue weighted by Gasteiger charge is 2.28. The molecule has 1 heterocycles. The summed E-state index contributed by atoms with van der Waals surface area (Å²) in [4.78, 5) is 33.5. The number of nitrogens with one attached hydrogen (secondary N) is 1. The largest absolute Gasteiger partial charge is 0.493 e. The van der Waals surface area contributed by atoms with Gasteiger partial charge >= 0.3 is 0 Å². The van der Waals surface area contributed by atoms with Crippen molar-refractivity contribution in [3.8, 4) is 5.75 Å². The maximum atomic E-state index is 12.7. The van der Waals surface area contributed by atoms with Crippen LogP contribution < -0.4 is 10.1 Å². The first-order valence-corrected chi connectivity index (χ1v) is 8.32. The van der Waals surface area contributed by atoms with Crippen LogP contribution in [0.2, 0.25) is 5.02 Å². The Hall–Kier alpha value is -3.20. The second-order valence-electron chi connectivity index (χ2n) is 6.00. The summed E-state index contributed by atoms with van der Waals surface area (Å²) in [6.45, 7) is 1.75. The molecular formula is C17H14ClN3O6. The van der Waals surface area contributed by atoms with Crippen LogP contribution in [-0.2, 0) is 0 Å². The van der Waals surface area contributed by atoms with Crippen LogP contribution in [0, 0.1) is 27.2 Å². The van der Waals surface area contributed by atoms with E-state index in [4.69, 9.17) is 16.3 Å². The van der Waals surface area contributed by atoms with Crippen LogP contribution in [0.3, 0.4) is 0 Å². The van der Waals surface area contributed by atoms with Crippen LogP contribution in [0.15, 0.2) is 30.3 Å². The van der Waals surface area contributed by atoms with E-state index < -0.39 is 33.2 Å². The molecule has 1 atom stereocenters. The van der Waals surface area contributed by atoms with Gasteiger partial charge in [0.2, 0.25) is 0 Å². The molecule has 27 heavy (non-hydrogen) atoms. The number of non-ortho nitro benzene ring substituents is 1. The third-order valence-corrected chi connectivity index (χ3v) is 4.57. The Morgan fingerprint density at radius 2 is 1.96 bits per heavy atom. The Kier molecular flexibility index (Phi) is 4.95. The number of nitrogens with zero attached hydrogens (tertiary/aromatic N) is 2. The van der Waals surface area contributed by atoms with Crippen LogP contribution in [0.5, 0.6) is 5.75 Å². The van der Waals surface area contributed by atoms with Crippen LogP contribution in [-0.4, -0.2) is 22.4 Å². The molecule has 9 nitrogen and oxygen atoms in total. The molecule has 1 amide bonds. The number of benzene rings is 2. The third-order valence-electron chi connectivity index (χ3n) is 4.33. The van der Waals surface area contributed by atoms with E-state index in [1.807, 2.05) is 0 Å². The van der Waals surface area contributed by atoms with Crippen molar-refractivity contribution in [1.29, 1.82) is 0 Å². The molecule has 3 rings (SSSR count). The number of hydrogen-bond donors (Lipinski definition) is 1. The molecule has 2 aromatic carbocycles. The molecule has 0 saturated carbocycles. The van der Waals surface area contributed by atoms with E-state index in [1.165, 1.54) is 6.92 Å². The average Bonchev–Trinajstić information content (AvgIpc) is 2.61. The lowest BCUT2D eigenvalue weighted by atomic mass is 9.99. The number of fused-ring (bicyclic) bond motifs is 1. The second-order valence-corrected chi connectivity index (χ2v) is 6.43. The lowest BCUT2D eigenvalue weighted by Gasteiger charge is -2.27. The van der Waals surface area contributed by atoms with Crippen molar-refractivity contribution in [3.63, 3.8) is 0 Å². The van der Waals surface area contributed by atoms with Crippen LogP contribution >= 0.6 is 11.6 Å². The Bertz CT molecular complexity index is 962. The summed E-state index contributed by atoms with van der Waals surface area (Å²) in [6, 6.07) is 6.48. The highest BCUT2D eigenvalue weighted by atomic mass is 35.5. The smallest absolute Gasteiger partial charge is 0.279 e. The van der Waals surface area contributed by atoms with Crippen LogP contribution in [0.1, 0.15) is 33.9 Å². The van der Waals surface area contributed by atoms with Gasteiger partial charge in [-0.25, -0.2) is 0 Å². The fraction of sp³-hybridized carbons (Fsp3) is 0.235. The van der Waals surface area contributed by atoms with Gasteiger partial charge < -0.3 is 10.1 Å². The maximum absolute atomic E-state index is 12.7. The monoisotopic (exact) mass is 391 g/mol. The second kappa shape index (κ2) is 7.20. The van der Waals surface area contributed by atoms with Gasteiger partial charge in [0.1, 0.15) is 5.75 Å². The Morgan fingerprint density at radius 1 is 1.22 bits per heavy atom.